The summed E-state index contributed by atoms with van der Waals surface area (Å²) in [6.45, 7) is 1.89. The number of carboxylic acids is 1. The van der Waals surface area contributed by atoms with Gasteiger partial charge in [0, 0.05) is 30.4 Å². The highest BCUT2D eigenvalue weighted by Gasteiger charge is 2.23. The Morgan fingerprint density at radius 3 is 2.31 bits per heavy atom. The Morgan fingerprint density at radius 2 is 1.66 bits per heavy atom. The molecule has 0 bridgehead atoms. The summed E-state index contributed by atoms with van der Waals surface area (Å²) < 4.78 is 15.2. The fourth-order valence-electron chi connectivity index (χ4n) is 4.11. The van der Waals surface area contributed by atoms with Crippen LogP contribution in [-0.4, -0.2) is 23.0 Å². The number of amides is 1. The van der Waals surface area contributed by atoms with Crippen LogP contribution in [0.2, 0.25) is 10.0 Å². The fraction of sp³-hybridized carbons (Fsp3) is 0.286. The van der Waals surface area contributed by atoms with Crippen LogP contribution in [0.4, 0.5) is 4.39 Å². The molecule has 3 aromatic rings. The summed E-state index contributed by atoms with van der Waals surface area (Å²) >= 11 is 12.3. The SMILES string of the molecule is C[C@H](NC(=O)CCCCC(=O)O)[C@@H](Cc1ccc(Cl)c(Cl)c1)c1ccc(-c2ccccc2)c(F)c1. The zero-order valence-electron chi connectivity index (χ0n) is 19.4. The van der Waals surface area contributed by atoms with Gasteiger partial charge in [-0.1, -0.05) is 71.7 Å². The van der Waals surface area contributed by atoms with Crippen LogP contribution in [0.5, 0.6) is 0 Å². The second-order valence-corrected chi connectivity index (χ2v) is 9.44. The highest BCUT2D eigenvalue weighted by atomic mass is 35.5. The first kappa shape index (κ1) is 26.7. The maximum Gasteiger partial charge on any atom is 0.303 e. The Balaban J connectivity index is 1.82. The highest BCUT2D eigenvalue weighted by Crippen LogP contribution is 2.31. The molecule has 0 radical (unpaired) electrons. The minimum atomic E-state index is -0.874. The Kier molecular flexibility index (Phi) is 9.70. The van der Waals surface area contributed by atoms with E-state index in [9.17, 15) is 9.59 Å². The minimum absolute atomic E-state index is 0.0375. The summed E-state index contributed by atoms with van der Waals surface area (Å²) in [5.74, 6) is -1.60. The van der Waals surface area contributed by atoms with Crippen LogP contribution in [-0.2, 0) is 16.0 Å². The van der Waals surface area contributed by atoms with Gasteiger partial charge in [-0.15, -0.1) is 0 Å². The molecule has 0 aliphatic rings. The monoisotopic (exact) mass is 515 g/mol. The molecule has 0 fully saturated rings. The number of benzene rings is 3. The molecule has 4 nitrogen and oxygen atoms in total. The highest BCUT2D eigenvalue weighted by molar-refractivity contribution is 6.42. The van der Waals surface area contributed by atoms with E-state index in [4.69, 9.17) is 28.3 Å². The molecule has 0 saturated carbocycles. The van der Waals surface area contributed by atoms with Gasteiger partial charge in [0.1, 0.15) is 5.82 Å². The summed E-state index contributed by atoms with van der Waals surface area (Å²) in [4.78, 5) is 23.2. The van der Waals surface area contributed by atoms with Gasteiger partial charge in [0.15, 0.2) is 0 Å². The second kappa shape index (κ2) is 12.7. The van der Waals surface area contributed by atoms with Crippen molar-refractivity contribution in [2.45, 2.75) is 51.0 Å². The lowest BCUT2D eigenvalue weighted by atomic mass is 9.85. The van der Waals surface area contributed by atoms with Crippen molar-refractivity contribution in [3.8, 4) is 11.1 Å². The molecule has 184 valence electrons. The van der Waals surface area contributed by atoms with E-state index in [1.807, 2.05) is 49.4 Å². The van der Waals surface area contributed by atoms with E-state index in [1.54, 1.807) is 18.2 Å². The van der Waals surface area contributed by atoms with Crippen molar-refractivity contribution in [2.75, 3.05) is 0 Å². The normalized spacial score (nSPS) is 12.7. The molecule has 3 aromatic carbocycles. The maximum absolute atomic E-state index is 15.2. The first-order chi connectivity index (χ1) is 16.7. The lowest BCUT2D eigenvalue weighted by molar-refractivity contribution is -0.137. The molecule has 7 heteroatoms. The molecule has 3 rings (SSSR count). The predicted molar refractivity (Wildman–Crippen MR) is 138 cm³/mol. The van der Waals surface area contributed by atoms with E-state index in [0.29, 0.717) is 34.9 Å². The van der Waals surface area contributed by atoms with Crippen molar-refractivity contribution >= 4 is 35.1 Å². The molecule has 0 aliphatic carbocycles. The number of carbonyl (C=O) groups is 2. The van der Waals surface area contributed by atoms with Gasteiger partial charge in [0.2, 0.25) is 5.91 Å². The molecular formula is C28H28Cl2FNO3. The van der Waals surface area contributed by atoms with E-state index in [2.05, 4.69) is 5.32 Å². The summed E-state index contributed by atoms with van der Waals surface area (Å²) in [5.41, 5.74) is 2.98. The summed E-state index contributed by atoms with van der Waals surface area (Å²) in [5, 5.41) is 12.7. The van der Waals surface area contributed by atoms with E-state index in [-0.39, 0.29) is 36.5 Å². The maximum atomic E-state index is 15.2. The fourth-order valence-corrected chi connectivity index (χ4v) is 4.43. The average molecular weight is 516 g/mol. The Bertz CT molecular complexity index is 1170. The van der Waals surface area contributed by atoms with Crippen molar-refractivity contribution < 1.29 is 19.1 Å². The average Bonchev–Trinajstić information content (AvgIpc) is 2.82. The van der Waals surface area contributed by atoms with Crippen molar-refractivity contribution in [1.29, 1.82) is 0 Å². The van der Waals surface area contributed by atoms with Crippen LogP contribution in [0.25, 0.3) is 11.1 Å². The molecule has 2 atom stereocenters. The number of unbranched alkanes of at least 4 members (excludes halogenated alkanes) is 1. The smallest absolute Gasteiger partial charge is 0.303 e. The van der Waals surface area contributed by atoms with Gasteiger partial charge in [0.05, 0.1) is 10.0 Å². The molecule has 0 aromatic heterocycles. The van der Waals surface area contributed by atoms with Crippen molar-refractivity contribution in [3.63, 3.8) is 0 Å². The first-order valence-corrected chi connectivity index (χ1v) is 12.3. The molecule has 0 unspecified atom stereocenters. The zero-order valence-corrected chi connectivity index (χ0v) is 21.0. The van der Waals surface area contributed by atoms with Crippen LogP contribution in [0.3, 0.4) is 0 Å². The molecule has 1 amide bonds. The van der Waals surface area contributed by atoms with Crippen LogP contribution in [0, 0.1) is 5.82 Å². The van der Waals surface area contributed by atoms with Gasteiger partial charge in [-0.25, -0.2) is 4.39 Å². The molecule has 0 saturated heterocycles. The third-order valence-electron chi connectivity index (χ3n) is 5.98. The Hall–Kier alpha value is -2.89. The van der Waals surface area contributed by atoms with E-state index >= 15 is 4.39 Å². The third kappa shape index (κ3) is 7.81. The lowest BCUT2D eigenvalue weighted by Gasteiger charge is -2.26. The summed E-state index contributed by atoms with van der Waals surface area (Å²) in [6.07, 6.45) is 1.72. The second-order valence-electron chi connectivity index (χ2n) is 8.62. The van der Waals surface area contributed by atoms with Gasteiger partial charge >= 0.3 is 5.97 Å². The van der Waals surface area contributed by atoms with Gasteiger partial charge in [-0.05, 0) is 61.1 Å². The van der Waals surface area contributed by atoms with Crippen LogP contribution < -0.4 is 5.32 Å². The van der Waals surface area contributed by atoms with Crippen molar-refractivity contribution in [1.82, 2.24) is 5.32 Å². The number of nitrogens with one attached hydrogen (secondary N) is 1. The van der Waals surface area contributed by atoms with E-state index in [1.165, 1.54) is 6.07 Å². The van der Waals surface area contributed by atoms with Crippen LogP contribution >= 0.6 is 23.2 Å². The number of hydrogen-bond acceptors (Lipinski definition) is 2. The zero-order chi connectivity index (χ0) is 25.4. The molecular weight excluding hydrogens is 488 g/mol. The number of carbonyl (C=O) groups excluding carboxylic acids is 1. The largest absolute Gasteiger partial charge is 0.481 e. The predicted octanol–water partition coefficient (Wildman–Crippen LogP) is 7.28. The summed E-state index contributed by atoms with van der Waals surface area (Å²) in [7, 11) is 0. The standard InChI is InChI=1S/C28H28Cl2FNO3/c1-18(32-27(33)9-5-6-10-28(34)35)23(15-19-11-14-24(29)25(30)16-19)21-12-13-22(26(31)17-21)20-7-3-2-4-8-20/h2-4,7-8,11-14,16-18,23H,5-6,9-10,15H2,1H3,(H,32,33)(H,34,35)/t18-,23+/m0/s1. The van der Waals surface area contributed by atoms with Gasteiger partial charge in [-0.2, -0.15) is 0 Å². The number of carboxylic acid groups (broad SMARTS) is 1. The number of hydrogen-bond donors (Lipinski definition) is 2. The van der Waals surface area contributed by atoms with Crippen molar-refractivity contribution in [3.05, 3.63) is 93.7 Å². The van der Waals surface area contributed by atoms with E-state index < -0.39 is 5.97 Å². The molecule has 0 aliphatic heterocycles. The van der Waals surface area contributed by atoms with Crippen molar-refractivity contribution in [2.24, 2.45) is 0 Å². The Labute approximate surface area is 215 Å². The van der Waals surface area contributed by atoms with E-state index in [0.717, 1.165) is 16.7 Å². The van der Waals surface area contributed by atoms with Crippen LogP contribution in [0.15, 0.2) is 66.7 Å². The van der Waals surface area contributed by atoms with Gasteiger partial charge < -0.3 is 10.4 Å². The number of aliphatic carboxylic acids is 1. The minimum Gasteiger partial charge on any atom is -0.481 e. The lowest BCUT2D eigenvalue weighted by Crippen LogP contribution is -2.37. The van der Waals surface area contributed by atoms with Crippen LogP contribution in [0.1, 0.15) is 49.7 Å². The topological polar surface area (TPSA) is 66.4 Å². The number of rotatable bonds is 11. The Morgan fingerprint density at radius 1 is 0.943 bits per heavy atom. The molecule has 2 N–H and O–H groups in total. The summed E-state index contributed by atoms with van der Waals surface area (Å²) in [6, 6.07) is 19.6. The third-order valence-corrected chi connectivity index (χ3v) is 6.72. The molecule has 35 heavy (non-hydrogen) atoms. The molecule has 0 heterocycles. The van der Waals surface area contributed by atoms with Gasteiger partial charge in [-0.3, -0.25) is 9.59 Å². The number of halogens is 3. The quantitative estimate of drug-likeness (QED) is 0.263. The van der Waals surface area contributed by atoms with Gasteiger partial charge in [0.25, 0.3) is 0 Å². The molecule has 0 spiro atoms. The first-order valence-electron chi connectivity index (χ1n) is 11.5.